The Bertz CT molecular complexity index is 223. The molecule has 0 aliphatic carbocycles. The maximum Gasteiger partial charge on any atom is 0.455 e. The van der Waals surface area contributed by atoms with Crippen LogP contribution in [-0.2, 0) is 0 Å². The minimum atomic E-state index is -4.87. The third-order valence-corrected chi connectivity index (χ3v) is 2.63. The Hall–Kier alpha value is 0.365. The molecule has 0 aromatic rings. The highest BCUT2D eigenvalue weighted by Gasteiger charge is 2.37. The molecule has 0 amide bonds. The van der Waals surface area contributed by atoms with Crippen LogP contribution in [0.3, 0.4) is 0 Å². The Kier molecular flexibility index (Phi) is 7.54. The number of rotatable bonds is 6. The van der Waals surface area contributed by atoms with Gasteiger partial charge in [0.25, 0.3) is 0 Å². The fourth-order valence-corrected chi connectivity index (χ4v) is 1.78. The molecule has 16 heteroatoms. The van der Waals surface area contributed by atoms with E-state index in [-0.39, 0.29) is 0 Å². The lowest BCUT2D eigenvalue weighted by atomic mass is 10.0. The SMILES string of the molecule is FC(F)(F)SNB(NSC(F)(F)F)NSC(F)(F)F. The van der Waals surface area contributed by atoms with Gasteiger partial charge < -0.3 is 0 Å². The smallest absolute Gasteiger partial charge is 0.264 e. The van der Waals surface area contributed by atoms with E-state index in [0.717, 1.165) is 0 Å². The van der Waals surface area contributed by atoms with E-state index in [0.29, 0.717) is 0 Å². The summed E-state index contributed by atoms with van der Waals surface area (Å²) in [4.78, 5) is 0. The lowest BCUT2D eigenvalue weighted by Crippen LogP contribution is -2.52. The third-order valence-electron chi connectivity index (χ3n) is 0.878. The summed E-state index contributed by atoms with van der Waals surface area (Å²) < 4.78 is 110. The first kappa shape index (κ1) is 19.4. The summed E-state index contributed by atoms with van der Waals surface area (Å²) in [6.07, 6.45) is 0. The summed E-state index contributed by atoms with van der Waals surface area (Å²) in [5, 5.41) is 0. The topological polar surface area (TPSA) is 36.1 Å². The molecular formula is C3H3BF9N3S3. The molecule has 0 fully saturated rings. The van der Waals surface area contributed by atoms with Crippen molar-refractivity contribution in [3.63, 3.8) is 0 Å². The number of halogens is 9. The molecule has 0 heterocycles. The maximum absolute atomic E-state index is 11.8. The molecule has 0 radical (unpaired) electrons. The Morgan fingerprint density at radius 1 is 0.526 bits per heavy atom. The van der Waals surface area contributed by atoms with Crippen LogP contribution >= 0.6 is 35.8 Å². The van der Waals surface area contributed by atoms with Crippen molar-refractivity contribution in [2.45, 2.75) is 16.5 Å². The van der Waals surface area contributed by atoms with Crippen molar-refractivity contribution in [2.24, 2.45) is 0 Å². The molecule has 114 valence electrons. The van der Waals surface area contributed by atoms with E-state index in [1.165, 1.54) is 13.9 Å². The van der Waals surface area contributed by atoms with Gasteiger partial charge in [-0.1, -0.05) is 0 Å². The van der Waals surface area contributed by atoms with Gasteiger partial charge in [0.2, 0.25) is 0 Å². The molecule has 3 N–H and O–H groups in total. The minimum Gasteiger partial charge on any atom is -0.264 e. The number of nitrogens with one attached hydrogen (secondary N) is 3. The van der Waals surface area contributed by atoms with E-state index in [4.69, 9.17) is 0 Å². The Labute approximate surface area is 113 Å². The monoisotopic (exact) mass is 359 g/mol. The van der Waals surface area contributed by atoms with Crippen LogP contribution in [0.1, 0.15) is 0 Å². The second-order valence-corrected chi connectivity index (χ2v) is 5.14. The van der Waals surface area contributed by atoms with Crippen molar-refractivity contribution in [3.05, 3.63) is 0 Å². The molecule has 19 heavy (non-hydrogen) atoms. The van der Waals surface area contributed by atoms with Crippen LogP contribution in [0, 0.1) is 0 Å². The molecule has 3 nitrogen and oxygen atoms in total. The summed E-state index contributed by atoms with van der Waals surface area (Å²) in [7, 11) is -2.09. The maximum atomic E-state index is 11.8. The van der Waals surface area contributed by atoms with E-state index in [9.17, 15) is 39.5 Å². The second-order valence-electron chi connectivity index (χ2n) is 2.43. The molecule has 0 aromatic heterocycles. The van der Waals surface area contributed by atoms with Crippen molar-refractivity contribution < 1.29 is 39.5 Å². The Balaban J connectivity index is 4.30. The van der Waals surface area contributed by atoms with Crippen molar-refractivity contribution in [1.29, 1.82) is 0 Å². The van der Waals surface area contributed by atoms with Gasteiger partial charge in [0, 0.05) is 35.8 Å². The first-order chi connectivity index (χ1) is 8.29. The van der Waals surface area contributed by atoms with Crippen molar-refractivity contribution in [2.75, 3.05) is 0 Å². The highest BCUT2D eigenvalue weighted by atomic mass is 32.2. The number of hydrogen-bond acceptors (Lipinski definition) is 6. The van der Waals surface area contributed by atoms with Crippen molar-refractivity contribution in [1.82, 2.24) is 13.9 Å². The van der Waals surface area contributed by atoms with Gasteiger partial charge >= 0.3 is 23.6 Å². The van der Waals surface area contributed by atoms with Crippen LogP contribution in [0.5, 0.6) is 0 Å². The van der Waals surface area contributed by atoms with Gasteiger partial charge in [0.1, 0.15) is 0 Å². The van der Waals surface area contributed by atoms with Gasteiger partial charge in [-0.15, -0.1) is 0 Å². The molecule has 0 atom stereocenters. The molecule has 0 aromatic carbocycles. The quantitative estimate of drug-likeness (QED) is 0.384. The van der Waals surface area contributed by atoms with E-state index in [1.54, 1.807) is 0 Å². The van der Waals surface area contributed by atoms with Crippen LogP contribution in [-0.4, -0.2) is 23.6 Å². The van der Waals surface area contributed by atoms with Crippen LogP contribution < -0.4 is 13.9 Å². The summed E-state index contributed by atoms with van der Waals surface area (Å²) >= 11 is -2.98. The molecule has 0 aliphatic heterocycles. The van der Waals surface area contributed by atoms with Crippen LogP contribution in [0.2, 0.25) is 0 Å². The molecule has 0 bridgehead atoms. The zero-order valence-corrected chi connectivity index (χ0v) is 10.7. The van der Waals surface area contributed by atoms with Gasteiger partial charge in [-0.3, -0.25) is 13.9 Å². The number of hydrogen-bond donors (Lipinski definition) is 3. The molecule has 0 saturated heterocycles. The van der Waals surface area contributed by atoms with Gasteiger partial charge in [0.15, 0.2) is 0 Å². The predicted molar refractivity (Wildman–Crippen MR) is 56.1 cm³/mol. The van der Waals surface area contributed by atoms with Crippen LogP contribution in [0.4, 0.5) is 39.5 Å². The molecule has 0 unspecified atom stereocenters. The van der Waals surface area contributed by atoms with E-state index in [2.05, 4.69) is 0 Å². The third kappa shape index (κ3) is 14.6. The molecule has 0 saturated carbocycles. The van der Waals surface area contributed by atoms with Gasteiger partial charge in [-0.2, -0.15) is 39.5 Å². The van der Waals surface area contributed by atoms with Crippen LogP contribution in [0.15, 0.2) is 0 Å². The molecule has 0 spiro atoms. The average molecular weight is 359 g/mol. The molecular weight excluding hydrogens is 356 g/mol. The summed E-state index contributed by atoms with van der Waals surface area (Å²) in [5.41, 5.74) is -14.6. The predicted octanol–water partition coefficient (Wildman–Crippen LogP) is 3.24. The van der Waals surface area contributed by atoms with Gasteiger partial charge in [0.05, 0.1) is 0 Å². The average Bonchev–Trinajstić information content (AvgIpc) is 2.11. The highest BCUT2D eigenvalue weighted by Crippen LogP contribution is 2.31. The van der Waals surface area contributed by atoms with E-state index >= 15 is 0 Å². The highest BCUT2D eigenvalue weighted by molar-refractivity contribution is 8.02. The van der Waals surface area contributed by atoms with Crippen LogP contribution in [0.25, 0.3) is 0 Å². The standard InChI is InChI=1S/C3H3BF9N3S3/c5-1(6,7)17-14-4(15-18-2(8,9)10)16-19-3(11,12)13/h14-16H. The van der Waals surface area contributed by atoms with Gasteiger partial charge in [-0.25, -0.2) is 0 Å². The molecule has 0 aliphatic rings. The fourth-order valence-electron chi connectivity index (χ4n) is 0.449. The van der Waals surface area contributed by atoms with E-state index < -0.39 is 59.5 Å². The first-order valence-corrected chi connectivity index (χ1v) is 6.24. The second kappa shape index (κ2) is 7.40. The lowest BCUT2D eigenvalue weighted by molar-refractivity contribution is -0.0338. The minimum absolute atomic E-state index is 0.994. The van der Waals surface area contributed by atoms with Crippen molar-refractivity contribution in [3.8, 4) is 0 Å². The lowest BCUT2D eigenvalue weighted by Gasteiger charge is -2.17. The number of alkyl halides is 9. The normalized spacial score (nSPS) is 13.7. The van der Waals surface area contributed by atoms with Gasteiger partial charge in [-0.05, 0) is 0 Å². The van der Waals surface area contributed by atoms with E-state index in [1.807, 2.05) is 0 Å². The summed E-state index contributed by atoms with van der Waals surface area (Å²) in [5.74, 6) is 0. The largest absolute Gasteiger partial charge is 0.455 e. The molecule has 0 rings (SSSR count). The van der Waals surface area contributed by atoms with Crippen molar-refractivity contribution >= 4 is 43.0 Å². The zero-order valence-electron chi connectivity index (χ0n) is 8.20. The Morgan fingerprint density at radius 3 is 0.895 bits per heavy atom. The summed E-state index contributed by atoms with van der Waals surface area (Å²) in [6, 6.07) is 0. The summed E-state index contributed by atoms with van der Waals surface area (Å²) in [6.45, 7) is 0. The Morgan fingerprint density at radius 2 is 0.737 bits per heavy atom. The first-order valence-electron chi connectivity index (χ1n) is 3.79. The fraction of sp³-hybridized carbons (Fsp3) is 1.00. The zero-order chi connectivity index (χ0) is 15.3.